The molecule has 12 heavy (non-hydrogen) atoms. The smallest absolute Gasteiger partial charge is 0.0266 e. The Bertz CT molecular complexity index is 121. The van der Waals surface area contributed by atoms with Crippen LogP contribution in [0.15, 0.2) is 0 Å². The summed E-state index contributed by atoms with van der Waals surface area (Å²) in [4.78, 5) is 0. The van der Waals surface area contributed by atoms with E-state index in [2.05, 4.69) is 31.2 Å². The summed E-state index contributed by atoms with van der Waals surface area (Å²) in [6, 6.07) is 0.763. The van der Waals surface area contributed by atoms with Crippen molar-refractivity contribution in [3.63, 3.8) is 0 Å². The number of hydrazine groups is 1. The van der Waals surface area contributed by atoms with E-state index in [1.807, 2.05) is 0 Å². The number of nitrogens with zero attached hydrogens (tertiary/aromatic N) is 1. The van der Waals surface area contributed by atoms with Crippen LogP contribution in [0.2, 0.25) is 0 Å². The van der Waals surface area contributed by atoms with Gasteiger partial charge in [-0.3, -0.25) is 5.43 Å². The third-order valence-corrected chi connectivity index (χ3v) is 2.68. The summed E-state index contributed by atoms with van der Waals surface area (Å²) < 4.78 is 0. The Labute approximate surface area is 76.3 Å². The molecule has 1 saturated heterocycles. The van der Waals surface area contributed by atoms with Crippen LogP contribution in [0.3, 0.4) is 0 Å². The molecule has 1 aliphatic heterocycles. The van der Waals surface area contributed by atoms with Crippen molar-refractivity contribution in [2.45, 2.75) is 46.1 Å². The zero-order valence-corrected chi connectivity index (χ0v) is 8.64. The lowest BCUT2D eigenvalue weighted by Crippen LogP contribution is -2.50. The van der Waals surface area contributed by atoms with E-state index < -0.39 is 0 Å². The molecule has 0 aromatic heterocycles. The highest BCUT2D eigenvalue weighted by atomic mass is 15.5. The summed E-state index contributed by atoms with van der Waals surface area (Å²) in [7, 11) is 0. The van der Waals surface area contributed by atoms with Crippen LogP contribution in [0.5, 0.6) is 0 Å². The van der Waals surface area contributed by atoms with E-state index in [9.17, 15) is 0 Å². The molecular weight excluding hydrogens is 148 g/mol. The molecule has 0 amide bonds. The zero-order chi connectivity index (χ0) is 8.97. The molecule has 1 unspecified atom stereocenters. The predicted octanol–water partition coefficient (Wildman–Crippen LogP) is 2.02. The highest BCUT2D eigenvalue weighted by molar-refractivity contribution is 4.76. The Morgan fingerprint density at radius 2 is 2.17 bits per heavy atom. The van der Waals surface area contributed by atoms with Gasteiger partial charge in [-0.1, -0.05) is 27.2 Å². The second-order valence-corrected chi connectivity index (χ2v) is 4.01. The number of piperidine rings is 1. The van der Waals surface area contributed by atoms with Gasteiger partial charge in [0.05, 0.1) is 0 Å². The minimum Gasteiger partial charge on any atom is -0.255 e. The van der Waals surface area contributed by atoms with E-state index in [0.29, 0.717) is 0 Å². The minimum absolute atomic E-state index is 0.763. The molecule has 1 aliphatic rings. The lowest BCUT2D eigenvalue weighted by atomic mass is 9.94. The van der Waals surface area contributed by atoms with Crippen molar-refractivity contribution in [2.24, 2.45) is 5.92 Å². The number of nitrogens with one attached hydrogen (secondary N) is 1. The van der Waals surface area contributed by atoms with E-state index in [1.165, 1.54) is 25.8 Å². The van der Waals surface area contributed by atoms with Gasteiger partial charge in [-0.05, 0) is 18.8 Å². The first kappa shape index (κ1) is 10.0. The normalized spacial score (nSPS) is 26.5. The van der Waals surface area contributed by atoms with E-state index in [0.717, 1.165) is 18.5 Å². The first-order valence-corrected chi connectivity index (χ1v) is 5.25. The molecule has 2 nitrogen and oxygen atoms in total. The maximum Gasteiger partial charge on any atom is 0.0266 e. The second-order valence-electron chi connectivity index (χ2n) is 4.01. The van der Waals surface area contributed by atoms with Crippen LogP contribution in [-0.4, -0.2) is 24.1 Å². The average Bonchev–Trinajstić information content (AvgIpc) is 2.05. The largest absolute Gasteiger partial charge is 0.255 e. The van der Waals surface area contributed by atoms with Crippen LogP contribution in [0.1, 0.15) is 40.0 Å². The maximum absolute atomic E-state index is 3.45. The predicted molar refractivity (Wildman–Crippen MR) is 52.9 cm³/mol. The van der Waals surface area contributed by atoms with Gasteiger partial charge in [-0.2, -0.15) is 0 Å². The van der Waals surface area contributed by atoms with Crippen LogP contribution in [0.25, 0.3) is 0 Å². The van der Waals surface area contributed by atoms with Gasteiger partial charge in [0.15, 0.2) is 0 Å². The second kappa shape index (κ2) is 4.83. The monoisotopic (exact) mass is 170 g/mol. The topological polar surface area (TPSA) is 15.3 Å². The number of hydrogen-bond acceptors (Lipinski definition) is 2. The molecule has 0 aliphatic carbocycles. The minimum atomic E-state index is 0.763. The molecule has 1 fully saturated rings. The Morgan fingerprint density at radius 3 is 2.75 bits per heavy atom. The van der Waals surface area contributed by atoms with Crippen molar-refractivity contribution in [1.29, 1.82) is 0 Å². The van der Waals surface area contributed by atoms with Gasteiger partial charge in [0.2, 0.25) is 0 Å². The van der Waals surface area contributed by atoms with E-state index in [1.54, 1.807) is 0 Å². The molecule has 0 aromatic carbocycles. The van der Waals surface area contributed by atoms with Gasteiger partial charge in [-0.15, -0.1) is 0 Å². The number of rotatable bonds is 3. The Morgan fingerprint density at radius 1 is 1.42 bits per heavy atom. The molecule has 1 rings (SSSR count). The van der Waals surface area contributed by atoms with E-state index in [-0.39, 0.29) is 0 Å². The molecule has 1 heterocycles. The fourth-order valence-corrected chi connectivity index (χ4v) is 2.05. The standard InChI is InChI=1S/C10H22N2/c1-4-11-12-8-6-5-7-10(12)9(2)3/h9-11H,4-8H2,1-3H3. The third-order valence-electron chi connectivity index (χ3n) is 2.68. The third kappa shape index (κ3) is 2.46. The molecule has 2 heteroatoms. The van der Waals surface area contributed by atoms with Crippen LogP contribution in [-0.2, 0) is 0 Å². The SMILES string of the molecule is CCNN1CCCCC1C(C)C. The van der Waals surface area contributed by atoms with Crippen molar-refractivity contribution in [3.8, 4) is 0 Å². The summed E-state index contributed by atoms with van der Waals surface area (Å²) in [5.74, 6) is 0.782. The first-order chi connectivity index (χ1) is 5.75. The Balaban J connectivity index is 2.42. The number of hydrogen-bond donors (Lipinski definition) is 1. The van der Waals surface area contributed by atoms with Gasteiger partial charge in [-0.25, -0.2) is 5.01 Å². The van der Waals surface area contributed by atoms with Crippen LogP contribution in [0.4, 0.5) is 0 Å². The van der Waals surface area contributed by atoms with Crippen molar-refractivity contribution in [3.05, 3.63) is 0 Å². The molecule has 72 valence electrons. The summed E-state index contributed by atoms with van der Waals surface area (Å²) in [5, 5.41) is 2.44. The van der Waals surface area contributed by atoms with Gasteiger partial charge in [0.25, 0.3) is 0 Å². The van der Waals surface area contributed by atoms with Crippen molar-refractivity contribution in [1.82, 2.24) is 10.4 Å². The summed E-state index contributed by atoms with van der Waals surface area (Å²) >= 11 is 0. The van der Waals surface area contributed by atoms with Crippen LogP contribution < -0.4 is 5.43 Å². The van der Waals surface area contributed by atoms with Crippen molar-refractivity contribution in [2.75, 3.05) is 13.1 Å². The molecule has 0 spiro atoms. The van der Waals surface area contributed by atoms with Gasteiger partial charge in [0, 0.05) is 19.1 Å². The molecule has 0 radical (unpaired) electrons. The van der Waals surface area contributed by atoms with Crippen molar-refractivity contribution >= 4 is 0 Å². The van der Waals surface area contributed by atoms with Crippen LogP contribution in [0, 0.1) is 5.92 Å². The molecule has 0 aromatic rings. The summed E-state index contributed by atoms with van der Waals surface area (Å²) in [6.45, 7) is 9.10. The maximum atomic E-state index is 3.45. The van der Waals surface area contributed by atoms with Gasteiger partial charge < -0.3 is 0 Å². The lowest BCUT2D eigenvalue weighted by Gasteiger charge is -2.38. The summed E-state index contributed by atoms with van der Waals surface area (Å²) in [6.07, 6.45) is 4.13. The molecular formula is C10H22N2. The first-order valence-electron chi connectivity index (χ1n) is 5.25. The Kier molecular flexibility index (Phi) is 4.02. The average molecular weight is 170 g/mol. The van der Waals surface area contributed by atoms with Gasteiger partial charge in [0.1, 0.15) is 0 Å². The Hall–Kier alpha value is -0.0800. The van der Waals surface area contributed by atoms with Crippen molar-refractivity contribution < 1.29 is 0 Å². The highest BCUT2D eigenvalue weighted by Gasteiger charge is 2.23. The summed E-state index contributed by atoms with van der Waals surface area (Å²) in [5.41, 5.74) is 3.45. The van der Waals surface area contributed by atoms with Crippen LogP contribution >= 0.6 is 0 Å². The quantitative estimate of drug-likeness (QED) is 0.697. The lowest BCUT2D eigenvalue weighted by molar-refractivity contribution is 0.0602. The molecule has 1 atom stereocenters. The zero-order valence-electron chi connectivity index (χ0n) is 8.64. The van der Waals surface area contributed by atoms with Gasteiger partial charge >= 0.3 is 0 Å². The van der Waals surface area contributed by atoms with E-state index in [4.69, 9.17) is 0 Å². The fraction of sp³-hybridized carbons (Fsp3) is 1.00. The van der Waals surface area contributed by atoms with E-state index >= 15 is 0 Å². The molecule has 1 N–H and O–H groups in total. The fourth-order valence-electron chi connectivity index (χ4n) is 2.05. The molecule has 0 bridgehead atoms. The molecule has 0 saturated carbocycles. The highest BCUT2D eigenvalue weighted by Crippen LogP contribution is 2.20.